The normalized spacial score (nSPS) is 19.2. The highest BCUT2D eigenvalue weighted by Gasteiger charge is 2.45. The van der Waals surface area contributed by atoms with Crippen molar-refractivity contribution in [2.45, 2.75) is 25.0 Å². The second-order valence-corrected chi connectivity index (χ2v) is 8.42. The van der Waals surface area contributed by atoms with Crippen molar-refractivity contribution in [3.05, 3.63) is 102 Å². The van der Waals surface area contributed by atoms with Gasteiger partial charge in [-0.05, 0) is 53.0 Å². The number of rotatable bonds is 4. The zero-order chi connectivity index (χ0) is 23.8. The Morgan fingerprint density at radius 2 is 1.50 bits per heavy atom. The van der Waals surface area contributed by atoms with Crippen molar-refractivity contribution in [3.8, 4) is 11.1 Å². The van der Waals surface area contributed by atoms with E-state index in [1.807, 2.05) is 60.7 Å². The molecule has 5 rings (SSSR count). The fourth-order valence-corrected chi connectivity index (χ4v) is 4.90. The van der Waals surface area contributed by atoms with Crippen LogP contribution in [0.3, 0.4) is 0 Å². The second-order valence-electron chi connectivity index (χ2n) is 8.42. The summed E-state index contributed by atoms with van der Waals surface area (Å²) in [7, 11) is 1.31. The molecule has 0 spiro atoms. The van der Waals surface area contributed by atoms with E-state index in [4.69, 9.17) is 4.74 Å². The van der Waals surface area contributed by atoms with Crippen LogP contribution in [0.15, 0.2) is 84.9 Å². The molecular formula is C28H24N2O4. The molecule has 6 heteroatoms. The van der Waals surface area contributed by atoms with Gasteiger partial charge in [-0.25, -0.2) is 4.79 Å². The number of benzene rings is 3. The quantitative estimate of drug-likeness (QED) is 0.608. The van der Waals surface area contributed by atoms with Gasteiger partial charge in [-0.15, -0.1) is 0 Å². The third kappa shape index (κ3) is 3.48. The fourth-order valence-electron chi connectivity index (χ4n) is 4.90. The zero-order valence-electron chi connectivity index (χ0n) is 18.9. The Hall–Kier alpha value is -4.19. The lowest BCUT2D eigenvalue weighted by atomic mass is 9.75. The maximum atomic E-state index is 13.8. The molecule has 1 N–H and O–H groups in total. The summed E-state index contributed by atoms with van der Waals surface area (Å²) in [5, 5.41) is 2.86. The van der Waals surface area contributed by atoms with Crippen LogP contribution >= 0.6 is 0 Å². The minimum atomic E-state index is -0.926. The number of fused-ring (bicyclic) bond motifs is 6. The minimum Gasteiger partial charge on any atom is -0.467 e. The van der Waals surface area contributed by atoms with E-state index in [1.54, 1.807) is 36.1 Å². The van der Waals surface area contributed by atoms with Gasteiger partial charge in [0.25, 0.3) is 11.8 Å². The second kappa shape index (κ2) is 8.63. The lowest BCUT2D eigenvalue weighted by Gasteiger charge is -2.45. The predicted octanol–water partition coefficient (Wildman–Crippen LogP) is 3.99. The van der Waals surface area contributed by atoms with Crippen LogP contribution in [0.5, 0.6) is 0 Å². The number of carbonyl (C=O) groups is 3. The van der Waals surface area contributed by atoms with Gasteiger partial charge in [-0.2, -0.15) is 0 Å². The number of amides is 2. The van der Waals surface area contributed by atoms with Gasteiger partial charge in [0.2, 0.25) is 0 Å². The lowest BCUT2D eigenvalue weighted by molar-refractivity contribution is -0.154. The molecule has 0 saturated carbocycles. The third-order valence-corrected chi connectivity index (χ3v) is 6.51. The molecule has 0 bridgehead atoms. The van der Waals surface area contributed by atoms with Gasteiger partial charge in [-0.3, -0.25) is 9.59 Å². The molecule has 0 unspecified atom stereocenters. The first-order valence-electron chi connectivity index (χ1n) is 11.2. The first-order chi connectivity index (χ1) is 16.5. The zero-order valence-corrected chi connectivity index (χ0v) is 18.9. The van der Waals surface area contributed by atoms with E-state index in [-0.39, 0.29) is 11.8 Å². The van der Waals surface area contributed by atoms with E-state index < -0.39 is 24.1 Å². The summed E-state index contributed by atoms with van der Waals surface area (Å²) >= 11 is 0. The number of nitrogens with zero attached hydrogens (tertiary/aromatic N) is 1. The topological polar surface area (TPSA) is 75.7 Å². The van der Waals surface area contributed by atoms with E-state index in [1.165, 1.54) is 7.11 Å². The number of hydrogen-bond acceptors (Lipinski definition) is 4. The largest absolute Gasteiger partial charge is 0.467 e. The van der Waals surface area contributed by atoms with Crippen molar-refractivity contribution in [1.82, 2.24) is 10.2 Å². The molecule has 2 aliphatic rings. The fraction of sp³-hybridized carbons (Fsp3) is 0.179. The molecule has 6 nitrogen and oxygen atoms in total. The molecule has 0 radical (unpaired) electrons. The lowest BCUT2D eigenvalue weighted by Crippen LogP contribution is -2.56. The van der Waals surface area contributed by atoms with Gasteiger partial charge >= 0.3 is 5.97 Å². The molecule has 3 aromatic rings. The number of methoxy groups -OCH3 is 1. The first-order valence-corrected chi connectivity index (χ1v) is 11.2. The molecule has 34 heavy (non-hydrogen) atoms. The SMILES string of the molecule is COC(=O)[C@H](C)N1C(=O)[C@@H](NC(=O)c2ccccc2)C=C2c3ccccc3-c3ccccc3[C@H]21. The Morgan fingerprint density at radius 3 is 2.21 bits per heavy atom. The van der Waals surface area contributed by atoms with Crippen LogP contribution in [0.25, 0.3) is 16.7 Å². The summed E-state index contributed by atoms with van der Waals surface area (Å²) in [6.45, 7) is 1.66. The highest BCUT2D eigenvalue weighted by Crippen LogP contribution is 2.50. The summed E-state index contributed by atoms with van der Waals surface area (Å²) in [4.78, 5) is 40.9. The van der Waals surface area contributed by atoms with Gasteiger partial charge in [0, 0.05) is 5.56 Å². The maximum absolute atomic E-state index is 13.8. The van der Waals surface area contributed by atoms with Crippen LogP contribution in [0.2, 0.25) is 0 Å². The van der Waals surface area contributed by atoms with E-state index in [2.05, 4.69) is 5.32 Å². The Kier molecular flexibility index (Phi) is 5.49. The Balaban J connectivity index is 1.66. The van der Waals surface area contributed by atoms with E-state index in [0.29, 0.717) is 5.56 Å². The van der Waals surface area contributed by atoms with Crippen LogP contribution in [0, 0.1) is 0 Å². The number of esters is 1. The van der Waals surface area contributed by atoms with Crippen LogP contribution < -0.4 is 5.32 Å². The van der Waals surface area contributed by atoms with Crippen molar-refractivity contribution in [2.75, 3.05) is 7.11 Å². The first kappa shape index (κ1) is 21.6. The van der Waals surface area contributed by atoms with E-state index in [9.17, 15) is 14.4 Å². The molecule has 3 atom stereocenters. The smallest absolute Gasteiger partial charge is 0.328 e. The number of nitrogens with one attached hydrogen (secondary N) is 1. The summed E-state index contributed by atoms with van der Waals surface area (Å²) in [5.41, 5.74) is 5.31. The average molecular weight is 453 g/mol. The number of ether oxygens (including phenoxy) is 1. The summed E-state index contributed by atoms with van der Waals surface area (Å²) in [6.07, 6.45) is 1.82. The molecule has 2 amide bonds. The van der Waals surface area contributed by atoms with Gasteiger partial charge in [0.1, 0.15) is 12.1 Å². The van der Waals surface area contributed by atoms with E-state index >= 15 is 0 Å². The van der Waals surface area contributed by atoms with Gasteiger partial charge in [-0.1, -0.05) is 66.7 Å². The number of carbonyl (C=O) groups excluding carboxylic acids is 3. The third-order valence-electron chi connectivity index (χ3n) is 6.51. The van der Waals surface area contributed by atoms with Crippen molar-refractivity contribution >= 4 is 23.4 Å². The predicted molar refractivity (Wildman–Crippen MR) is 129 cm³/mol. The van der Waals surface area contributed by atoms with Gasteiger partial charge in [0.05, 0.1) is 13.2 Å². The summed E-state index contributed by atoms with van der Waals surface area (Å²) in [5.74, 6) is -1.23. The summed E-state index contributed by atoms with van der Waals surface area (Å²) < 4.78 is 5.00. The van der Waals surface area contributed by atoms with Crippen molar-refractivity contribution < 1.29 is 19.1 Å². The molecule has 0 aromatic heterocycles. The Bertz CT molecular complexity index is 1310. The molecule has 3 aromatic carbocycles. The van der Waals surface area contributed by atoms with Crippen LogP contribution in [-0.4, -0.2) is 41.9 Å². The van der Waals surface area contributed by atoms with Crippen LogP contribution in [0.4, 0.5) is 0 Å². The average Bonchev–Trinajstić information content (AvgIpc) is 2.89. The standard InChI is InChI=1S/C28H24N2O4/c1-17(28(33)34-2)30-25-22-15-9-8-13-20(22)19-12-6-7-14-21(19)23(25)16-24(27(30)32)29-26(31)18-10-4-3-5-11-18/h3-17,24-25H,1-2H3,(H,29,31)/t17-,24-,25+/m0/s1. The number of hydrogen-bond donors (Lipinski definition) is 1. The van der Waals surface area contributed by atoms with Crippen molar-refractivity contribution in [2.24, 2.45) is 0 Å². The molecule has 170 valence electrons. The molecular weight excluding hydrogens is 428 g/mol. The molecule has 1 heterocycles. The Labute approximate surface area is 197 Å². The molecule has 0 fully saturated rings. The highest BCUT2D eigenvalue weighted by molar-refractivity contribution is 6.03. The highest BCUT2D eigenvalue weighted by atomic mass is 16.5. The molecule has 0 saturated heterocycles. The summed E-state index contributed by atoms with van der Waals surface area (Å²) in [6, 6.07) is 22.4. The van der Waals surface area contributed by atoms with Gasteiger partial charge in [0.15, 0.2) is 0 Å². The van der Waals surface area contributed by atoms with Crippen LogP contribution in [-0.2, 0) is 14.3 Å². The van der Waals surface area contributed by atoms with Crippen molar-refractivity contribution in [1.29, 1.82) is 0 Å². The van der Waals surface area contributed by atoms with E-state index in [0.717, 1.165) is 27.8 Å². The maximum Gasteiger partial charge on any atom is 0.328 e. The van der Waals surface area contributed by atoms with Crippen molar-refractivity contribution in [3.63, 3.8) is 0 Å². The molecule has 1 aliphatic carbocycles. The monoisotopic (exact) mass is 452 g/mol. The molecule has 1 aliphatic heterocycles. The minimum absolute atomic E-state index is 0.356. The Morgan fingerprint density at radius 1 is 0.882 bits per heavy atom. The van der Waals surface area contributed by atoms with Crippen LogP contribution in [0.1, 0.15) is 34.5 Å². The van der Waals surface area contributed by atoms with Gasteiger partial charge < -0.3 is 15.0 Å².